The van der Waals surface area contributed by atoms with Crippen LogP contribution in [-0.4, -0.2) is 22.1 Å². The molecule has 4 aromatic rings. The molecule has 0 unspecified atom stereocenters. The van der Waals surface area contributed by atoms with Gasteiger partial charge in [-0.2, -0.15) is 0 Å². The van der Waals surface area contributed by atoms with Crippen LogP contribution in [0.3, 0.4) is 0 Å². The summed E-state index contributed by atoms with van der Waals surface area (Å²) in [6.45, 7) is 2.60. The van der Waals surface area contributed by atoms with Crippen molar-refractivity contribution < 1.29 is 18.3 Å². The highest BCUT2D eigenvalue weighted by atomic mass is 32.2. The van der Waals surface area contributed by atoms with E-state index in [4.69, 9.17) is 14.1 Å². The molecule has 0 atom stereocenters. The summed E-state index contributed by atoms with van der Waals surface area (Å²) in [6.07, 6.45) is 1.63. The van der Waals surface area contributed by atoms with Crippen LogP contribution < -0.4 is 0 Å². The Bertz CT molecular complexity index is 1140. The predicted octanol–water partition coefficient (Wildman–Crippen LogP) is 5.29. The van der Waals surface area contributed by atoms with Gasteiger partial charge in [0, 0.05) is 5.75 Å². The average Bonchev–Trinajstić information content (AvgIpc) is 3.35. The molecule has 2 aromatic heterocycles. The smallest absolute Gasteiger partial charge is 0.338 e. The highest BCUT2D eigenvalue weighted by molar-refractivity contribution is 7.98. The van der Waals surface area contributed by atoms with E-state index in [1.807, 2.05) is 28.8 Å². The molecule has 0 aliphatic carbocycles. The first-order chi connectivity index (χ1) is 14.1. The maximum Gasteiger partial charge on any atom is 0.338 e. The number of aromatic nitrogens is 2. The highest BCUT2D eigenvalue weighted by Gasteiger charge is 2.16. The van der Waals surface area contributed by atoms with Crippen LogP contribution in [0.5, 0.6) is 0 Å². The molecule has 2 heterocycles. The summed E-state index contributed by atoms with van der Waals surface area (Å²) in [6, 6.07) is 15.6. The van der Waals surface area contributed by atoms with Gasteiger partial charge in [0.15, 0.2) is 5.16 Å². The monoisotopic (exact) mass is 410 g/mol. The second kappa shape index (κ2) is 8.53. The zero-order valence-corrected chi connectivity index (χ0v) is 16.6. The van der Waals surface area contributed by atoms with Gasteiger partial charge in [0.05, 0.1) is 36.0 Å². The quantitative estimate of drug-likeness (QED) is 0.306. The number of fused-ring (bicyclic) bond motifs is 1. The Labute approximate surface area is 171 Å². The van der Waals surface area contributed by atoms with E-state index in [2.05, 4.69) is 0 Å². The van der Waals surface area contributed by atoms with Gasteiger partial charge in [-0.05, 0) is 55.0 Å². The molecule has 148 valence electrons. The van der Waals surface area contributed by atoms with Crippen molar-refractivity contribution in [3.8, 4) is 0 Å². The maximum atomic E-state index is 13.5. The summed E-state index contributed by atoms with van der Waals surface area (Å²) in [5.41, 5.74) is 2.92. The van der Waals surface area contributed by atoms with Gasteiger partial charge >= 0.3 is 5.97 Å². The van der Waals surface area contributed by atoms with Gasteiger partial charge in [-0.15, -0.1) is 0 Å². The number of carbonyl (C=O) groups is 1. The van der Waals surface area contributed by atoms with E-state index in [0.29, 0.717) is 30.0 Å². The summed E-state index contributed by atoms with van der Waals surface area (Å²) in [7, 11) is 0. The van der Waals surface area contributed by atoms with Gasteiger partial charge in [-0.1, -0.05) is 23.9 Å². The molecule has 0 spiro atoms. The Kier molecular flexibility index (Phi) is 5.67. The van der Waals surface area contributed by atoms with Gasteiger partial charge in [-0.25, -0.2) is 14.2 Å². The average molecular weight is 410 g/mol. The molecule has 0 aliphatic rings. The largest absolute Gasteiger partial charge is 0.467 e. The van der Waals surface area contributed by atoms with Crippen LogP contribution in [0.1, 0.15) is 28.6 Å². The molecule has 2 aromatic carbocycles. The first-order valence-corrected chi connectivity index (χ1v) is 10.2. The molecule has 4 rings (SSSR count). The number of nitrogens with zero attached hydrogens (tertiary/aromatic N) is 2. The fourth-order valence-corrected chi connectivity index (χ4v) is 4.00. The minimum Gasteiger partial charge on any atom is -0.467 e. The molecule has 7 heteroatoms. The Hall–Kier alpha value is -3.06. The number of hydrogen-bond donors (Lipinski definition) is 0. The van der Waals surface area contributed by atoms with Gasteiger partial charge in [-0.3, -0.25) is 0 Å². The van der Waals surface area contributed by atoms with Crippen LogP contribution in [0.15, 0.2) is 70.4 Å². The number of esters is 1. The molecule has 0 amide bonds. The number of furan rings is 1. The summed E-state index contributed by atoms with van der Waals surface area (Å²) in [5.74, 6) is 0.742. The lowest BCUT2D eigenvalue weighted by atomic mass is 10.2. The number of imidazole rings is 1. The van der Waals surface area contributed by atoms with E-state index in [9.17, 15) is 9.18 Å². The minimum absolute atomic E-state index is 0.258. The van der Waals surface area contributed by atoms with E-state index in [1.54, 1.807) is 31.4 Å². The first kappa shape index (κ1) is 19.3. The van der Waals surface area contributed by atoms with Crippen molar-refractivity contribution >= 4 is 28.8 Å². The lowest BCUT2D eigenvalue weighted by Crippen LogP contribution is -2.04. The molecule has 0 aliphatic heterocycles. The van der Waals surface area contributed by atoms with Gasteiger partial charge in [0.1, 0.15) is 11.6 Å². The van der Waals surface area contributed by atoms with Gasteiger partial charge in [0.2, 0.25) is 0 Å². The Morgan fingerprint density at radius 2 is 2.10 bits per heavy atom. The van der Waals surface area contributed by atoms with Crippen molar-refractivity contribution in [1.82, 2.24) is 9.55 Å². The molecule has 29 heavy (non-hydrogen) atoms. The van der Waals surface area contributed by atoms with Crippen LogP contribution in [0.25, 0.3) is 11.0 Å². The van der Waals surface area contributed by atoms with Crippen LogP contribution in [-0.2, 0) is 17.0 Å². The molecule has 0 saturated carbocycles. The third-order valence-corrected chi connectivity index (χ3v) is 5.42. The molecule has 0 N–H and O–H groups in total. The number of carbonyl (C=O) groups excluding carboxylic acids is 1. The lowest BCUT2D eigenvalue weighted by molar-refractivity contribution is 0.0526. The fourth-order valence-electron chi connectivity index (χ4n) is 3.05. The van der Waals surface area contributed by atoms with Crippen LogP contribution in [0.2, 0.25) is 0 Å². The van der Waals surface area contributed by atoms with Crippen molar-refractivity contribution in [2.75, 3.05) is 6.61 Å². The van der Waals surface area contributed by atoms with Crippen molar-refractivity contribution in [3.05, 3.63) is 83.6 Å². The Balaban J connectivity index is 1.68. The zero-order valence-electron chi connectivity index (χ0n) is 15.8. The SMILES string of the molecule is CCOC(=O)c1ccc2c(c1)nc(SCc1cccc(F)c1)n2Cc1ccco1. The third-order valence-electron chi connectivity index (χ3n) is 4.38. The summed E-state index contributed by atoms with van der Waals surface area (Å²) >= 11 is 1.51. The molecular weight excluding hydrogens is 391 g/mol. The van der Waals surface area contributed by atoms with Crippen LogP contribution in [0.4, 0.5) is 4.39 Å². The van der Waals surface area contributed by atoms with Crippen molar-refractivity contribution in [2.45, 2.75) is 24.4 Å². The second-order valence-corrected chi connectivity index (χ2v) is 7.34. The second-order valence-electron chi connectivity index (χ2n) is 6.40. The number of hydrogen-bond acceptors (Lipinski definition) is 5. The molecular formula is C22H19FN2O3S. The maximum absolute atomic E-state index is 13.5. The third kappa shape index (κ3) is 4.35. The fraction of sp³-hybridized carbons (Fsp3) is 0.182. The van der Waals surface area contributed by atoms with E-state index in [1.165, 1.54) is 23.9 Å². The zero-order chi connectivity index (χ0) is 20.2. The van der Waals surface area contributed by atoms with Gasteiger partial charge < -0.3 is 13.7 Å². The molecule has 0 fully saturated rings. The number of rotatable bonds is 7. The van der Waals surface area contributed by atoms with E-state index >= 15 is 0 Å². The molecule has 0 radical (unpaired) electrons. The van der Waals surface area contributed by atoms with Crippen LogP contribution >= 0.6 is 11.8 Å². The molecule has 5 nitrogen and oxygen atoms in total. The highest BCUT2D eigenvalue weighted by Crippen LogP contribution is 2.29. The Morgan fingerprint density at radius 3 is 2.86 bits per heavy atom. The number of ether oxygens (including phenoxy) is 1. The van der Waals surface area contributed by atoms with E-state index in [0.717, 1.165) is 22.0 Å². The normalized spacial score (nSPS) is 11.1. The van der Waals surface area contributed by atoms with Crippen molar-refractivity contribution in [1.29, 1.82) is 0 Å². The topological polar surface area (TPSA) is 57.3 Å². The predicted molar refractivity (Wildman–Crippen MR) is 109 cm³/mol. The number of halogens is 1. The number of thioether (sulfide) groups is 1. The molecule has 0 bridgehead atoms. The lowest BCUT2D eigenvalue weighted by Gasteiger charge is -2.08. The van der Waals surface area contributed by atoms with Crippen LogP contribution in [0, 0.1) is 5.82 Å². The van der Waals surface area contributed by atoms with E-state index < -0.39 is 0 Å². The summed E-state index contributed by atoms with van der Waals surface area (Å²) in [4.78, 5) is 16.8. The first-order valence-electron chi connectivity index (χ1n) is 9.21. The van der Waals surface area contributed by atoms with Crippen molar-refractivity contribution in [3.63, 3.8) is 0 Å². The standard InChI is InChI=1S/C22H19FN2O3S/c1-2-27-21(26)16-8-9-20-19(12-16)24-22(25(20)13-18-7-4-10-28-18)29-14-15-5-3-6-17(23)11-15/h3-12H,2,13-14H2,1H3. The summed E-state index contributed by atoms with van der Waals surface area (Å²) in [5, 5.41) is 0.765. The summed E-state index contributed by atoms with van der Waals surface area (Å²) < 4.78 is 26.1. The van der Waals surface area contributed by atoms with E-state index in [-0.39, 0.29) is 11.8 Å². The van der Waals surface area contributed by atoms with Gasteiger partial charge in [0.25, 0.3) is 0 Å². The molecule has 0 saturated heterocycles. The van der Waals surface area contributed by atoms with Crippen molar-refractivity contribution in [2.24, 2.45) is 0 Å². The minimum atomic E-state index is -0.371. The number of benzene rings is 2. The Morgan fingerprint density at radius 1 is 1.21 bits per heavy atom.